The standard InChI is InChI=1S/C15H21N3/c1-3-10-18(11-4-2)14-8-7-13(16)15-12(14)6-5-9-17-15/h5-9H,3-4,10-11,16H2,1-2H3. The fourth-order valence-electron chi connectivity index (χ4n) is 2.35. The van der Waals surface area contributed by atoms with Gasteiger partial charge in [0.15, 0.2) is 0 Å². The van der Waals surface area contributed by atoms with E-state index in [1.807, 2.05) is 12.1 Å². The predicted octanol–water partition coefficient (Wildman–Crippen LogP) is 3.44. The highest BCUT2D eigenvalue weighted by atomic mass is 15.1. The summed E-state index contributed by atoms with van der Waals surface area (Å²) in [5.74, 6) is 0. The van der Waals surface area contributed by atoms with Crippen LogP contribution in [0, 0.1) is 0 Å². The topological polar surface area (TPSA) is 42.1 Å². The van der Waals surface area contributed by atoms with Crippen molar-refractivity contribution in [2.75, 3.05) is 23.7 Å². The van der Waals surface area contributed by atoms with Gasteiger partial charge in [0.1, 0.15) is 0 Å². The lowest BCUT2D eigenvalue weighted by molar-refractivity contribution is 0.747. The number of nitrogens with two attached hydrogens (primary N) is 1. The van der Waals surface area contributed by atoms with E-state index < -0.39 is 0 Å². The Balaban J connectivity index is 2.52. The molecule has 3 nitrogen and oxygen atoms in total. The molecule has 0 spiro atoms. The molecule has 18 heavy (non-hydrogen) atoms. The van der Waals surface area contributed by atoms with Gasteiger partial charge in [-0.3, -0.25) is 4.98 Å². The smallest absolute Gasteiger partial charge is 0.0951 e. The summed E-state index contributed by atoms with van der Waals surface area (Å²) in [6, 6.07) is 8.15. The van der Waals surface area contributed by atoms with E-state index in [9.17, 15) is 0 Å². The summed E-state index contributed by atoms with van der Waals surface area (Å²) in [6.45, 7) is 6.56. The first-order chi connectivity index (χ1) is 8.77. The molecule has 2 N–H and O–H groups in total. The molecule has 3 heteroatoms. The minimum atomic E-state index is 0.752. The van der Waals surface area contributed by atoms with Gasteiger partial charge >= 0.3 is 0 Å². The first-order valence-corrected chi connectivity index (χ1v) is 6.66. The Morgan fingerprint density at radius 1 is 1.11 bits per heavy atom. The SMILES string of the molecule is CCCN(CCC)c1ccc(N)c2ncccc12. The van der Waals surface area contributed by atoms with E-state index in [1.165, 1.54) is 5.69 Å². The molecule has 0 saturated heterocycles. The van der Waals surface area contributed by atoms with Crippen molar-refractivity contribution >= 4 is 22.3 Å². The molecule has 0 aliphatic carbocycles. The molecule has 2 aromatic rings. The number of aromatic nitrogens is 1. The number of hydrogen-bond acceptors (Lipinski definition) is 3. The van der Waals surface area contributed by atoms with Gasteiger partial charge in [0.2, 0.25) is 0 Å². The summed E-state index contributed by atoms with van der Waals surface area (Å²) < 4.78 is 0. The number of nitrogens with zero attached hydrogens (tertiary/aromatic N) is 2. The maximum absolute atomic E-state index is 5.99. The van der Waals surface area contributed by atoms with Crippen molar-refractivity contribution in [3.63, 3.8) is 0 Å². The summed E-state index contributed by atoms with van der Waals surface area (Å²) in [5, 5.41) is 1.15. The van der Waals surface area contributed by atoms with Gasteiger partial charge in [-0.15, -0.1) is 0 Å². The highest BCUT2D eigenvalue weighted by molar-refractivity contribution is 5.98. The van der Waals surface area contributed by atoms with Crippen molar-refractivity contribution in [3.05, 3.63) is 30.5 Å². The zero-order valence-electron chi connectivity index (χ0n) is 11.2. The molecule has 1 aromatic carbocycles. The maximum Gasteiger partial charge on any atom is 0.0951 e. The fourth-order valence-corrected chi connectivity index (χ4v) is 2.35. The molecule has 1 heterocycles. The third-order valence-electron chi connectivity index (χ3n) is 3.11. The van der Waals surface area contributed by atoms with Crippen molar-refractivity contribution < 1.29 is 0 Å². The van der Waals surface area contributed by atoms with Crippen molar-refractivity contribution in [2.24, 2.45) is 0 Å². The molecular weight excluding hydrogens is 222 g/mol. The largest absolute Gasteiger partial charge is 0.397 e. The van der Waals surface area contributed by atoms with E-state index in [2.05, 4.69) is 35.9 Å². The number of anilines is 2. The van der Waals surface area contributed by atoms with E-state index in [-0.39, 0.29) is 0 Å². The van der Waals surface area contributed by atoms with Crippen LogP contribution in [-0.2, 0) is 0 Å². The Kier molecular flexibility index (Phi) is 4.03. The van der Waals surface area contributed by atoms with Gasteiger partial charge in [0.25, 0.3) is 0 Å². The minimum absolute atomic E-state index is 0.752. The van der Waals surface area contributed by atoms with E-state index in [1.54, 1.807) is 6.20 Å². The van der Waals surface area contributed by atoms with Crippen LogP contribution >= 0.6 is 0 Å². The molecule has 1 aromatic heterocycles. The van der Waals surface area contributed by atoms with E-state index in [4.69, 9.17) is 5.73 Å². The van der Waals surface area contributed by atoms with Gasteiger partial charge in [-0.25, -0.2) is 0 Å². The molecule has 0 aliphatic rings. The van der Waals surface area contributed by atoms with Crippen LogP contribution in [0.25, 0.3) is 10.9 Å². The van der Waals surface area contributed by atoms with Crippen LogP contribution in [-0.4, -0.2) is 18.1 Å². The van der Waals surface area contributed by atoms with Gasteiger partial charge < -0.3 is 10.6 Å². The fraction of sp³-hybridized carbons (Fsp3) is 0.400. The second-order valence-corrected chi connectivity index (χ2v) is 4.56. The molecular formula is C15H21N3. The Hall–Kier alpha value is -1.77. The van der Waals surface area contributed by atoms with Gasteiger partial charge in [-0.2, -0.15) is 0 Å². The van der Waals surface area contributed by atoms with Gasteiger partial charge in [0.05, 0.1) is 11.2 Å². The number of pyridine rings is 1. The van der Waals surface area contributed by atoms with Crippen LogP contribution < -0.4 is 10.6 Å². The summed E-state index contributed by atoms with van der Waals surface area (Å²) in [5.41, 5.74) is 8.90. The molecule has 0 unspecified atom stereocenters. The van der Waals surface area contributed by atoms with Crippen molar-refractivity contribution in [2.45, 2.75) is 26.7 Å². The van der Waals surface area contributed by atoms with Crippen LogP contribution in [0.15, 0.2) is 30.5 Å². The average molecular weight is 243 g/mol. The molecule has 2 rings (SSSR count). The second-order valence-electron chi connectivity index (χ2n) is 4.56. The maximum atomic E-state index is 5.99. The monoisotopic (exact) mass is 243 g/mol. The Bertz CT molecular complexity index is 516. The lowest BCUT2D eigenvalue weighted by Crippen LogP contribution is -2.25. The van der Waals surface area contributed by atoms with Crippen LogP contribution in [0.2, 0.25) is 0 Å². The zero-order chi connectivity index (χ0) is 13.0. The summed E-state index contributed by atoms with van der Waals surface area (Å²) in [4.78, 5) is 6.81. The number of nitrogen functional groups attached to an aromatic ring is 1. The highest BCUT2D eigenvalue weighted by Gasteiger charge is 2.10. The predicted molar refractivity (Wildman–Crippen MR) is 79.0 cm³/mol. The normalized spacial score (nSPS) is 10.8. The lowest BCUT2D eigenvalue weighted by Gasteiger charge is -2.25. The van der Waals surface area contributed by atoms with Crippen LogP contribution in [0.5, 0.6) is 0 Å². The van der Waals surface area contributed by atoms with Gasteiger partial charge in [-0.05, 0) is 37.1 Å². The molecule has 96 valence electrons. The van der Waals surface area contributed by atoms with Crippen molar-refractivity contribution in [1.82, 2.24) is 4.98 Å². The highest BCUT2D eigenvalue weighted by Crippen LogP contribution is 2.29. The van der Waals surface area contributed by atoms with Crippen LogP contribution in [0.1, 0.15) is 26.7 Å². The van der Waals surface area contributed by atoms with E-state index in [0.717, 1.165) is 42.5 Å². The summed E-state index contributed by atoms with van der Waals surface area (Å²) in [7, 11) is 0. The molecule has 0 atom stereocenters. The molecule has 0 aliphatic heterocycles. The average Bonchev–Trinajstić information content (AvgIpc) is 2.39. The summed E-state index contributed by atoms with van der Waals surface area (Å²) in [6.07, 6.45) is 4.09. The lowest BCUT2D eigenvalue weighted by atomic mass is 10.1. The van der Waals surface area contributed by atoms with Crippen molar-refractivity contribution in [3.8, 4) is 0 Å². The third-order valence-corrected chi connectivity index (χ3v) is 3.11. The number of hydrogen-bond donors (Lipinski definition) is 1. The van der Waals surface area contributed by atoms with E-state index in [0.29, 0.717) is 0 Å². The Labute approximate surface area is 109 Å². The molecule has 0 amide bonds. The Morgan fingerprint density at radius 2 is 1.83 bits per heavy atom. The minimum Gasteiger partial charge on any atom is -0.397 e. The Morgan fingerprint density at radius 3 is 2.50 bits per heavy atom. The second kappa shape index (κ2) is 5.71. The van der Waals surface area contributed by atoms with Crippen molar-refractivity contribution in [1.29, 1.82) is 0 Å². The summed E-state index contributed by atoms with van der Waals surface area (Å²) >= 11 is 0. The zero-order valence-corrected chi connectivity index (χ0v) is 11.2. The third kappa shape index (κ3) is 2.40. The molecule has 0 bridgehead atoms. The quantitative estimate of drug-likeness (QED) is 0.818. The van der Waals surface area contributed by atoms with E-state index >= 15 is 0 Å². The number of fused-ring (bicyclic) bond motifs is 1. The molecule has 0 radical (unpaired) electrons. The first kappa shape index (κ1) is 12.7. The van der Waals surface area contributed by atoms with Crippen LogP contribution in [0.3, 0.4) is 0 Å². The first-order valence-electron chi connectivity index (χ1n) is 6.66. The number of benzene rings is 1. The van der Waals surface area contributed by atoms with Gasteiger partial charge in [-0.1, -0.05) is 13.8 Å². The molecule has 0 saturated carbocycles. The molecule has 0 fully saturated rings. The van der Waals surface area contributed by atoms with Gasteiger partial charge in [0, 0.05) is 30.4 Å². The van der Waals surface area contributed by atoms with Crippen LogP contribution in [0.4, 0.5) is 11.4 Å². The number of rotatable bonds is 5.